The Morgan fingerprint density at radius 1 is 1.24 bits per heavy atom. The smallest absolute Gasteiger partial charge is 0.305 e. The highest BCUT2D eigenvalue weighted by Crippen LogP contribution is 2.45. The van der Waals surface area contributed by atoms with Crippen molar-refractivity contribution < 1.29 is 14.7 Å². The van der Waals surface area contributed by atoms with Gasteiger partial charge in [0.1, 0.15) is 0 Å². The first-order valence-corrected chi connectivity index (χ1v) is 9.05. The molecular formula is C15H19NO3S2. The first-order chi connectivity index (χ1) is 10.1. The Morgan fingerprint density at radius 3 is 2.38 bits per heavy atom. The average Bonchev–Trinajstić information content (AvgIpc) is 3.02. The molecule has 2 rings (SSSR count). The lowest BCUT2D eigenvalue weighted by molar-refractivity contribution is -0.137. The number of benzene rings is 1. The second kappa shape index (κ2) is 7.75. The minimum absolute atomic E-state index is 0.0208. The predicted octanol–water partition coefficient (Wildman–Crippen LogP) is 3.10. The molecule has 4 nitrogen and oxygen atoms in total. The van der Waals surface area contributed by atoms with Crippen molar-refractivity contribution in [3.05, 3.63) is 35.4 Å². The van der Waals surface area contributed by atoms with E-state index in [1.54, 1.807) is 4.90 Å². The standard InChI is InChI=1S/C15H19NO3S2/c1-2-16(8-7-13(17)18)14(19)11-3-5-12(6-4-11)15-20-9-10-21-15/h3-6,15H,2,7-10H2,1H3,(H,17,18). The van der Waals surface area contributed by atoms with Gasteiger partial charge in [-0.05, 0) is 24.6 Å². The Morgan fingerprint density at radius 2 is 1.86 bits per heavy atom. The second-order valence-electron chi connectivity index (χ2n) is 4.72. The van der Waals surface area contributed by atoms with Gasteiger partial charge in [-0.15, -0.1) is 23.5 Å². The van der Waals surface area contributed by atoms with Gasteiger partial charge >= 0.3 is 5.97 Å². The van der Waals surface area contributed by atoms with Crippen LogP contribution in [0, 0.1) is 0 Å². The number of carbonyl (C=O) groups is 2. The minimum Gasteiger partial charge on any atom is -0.481 e. The molecule has 0 radical (unpaired) electrons. The molecule has 6 heteroatoms. The van der Waals surface area contributed by atoms with Gasteiger partial charge in [0.2, 0.25) is 0 Å². The van der Waals surface area contributed by atoms with E-state index < -0.39 is 5.97 Å². The summed E-state index contributed by atoms with van der Waals surface area (Å²) in [5.74, 6) is 1.37. The molecular weight excluding hydrogens is 306 g/mol. The molecule has 1 aromatic rings. The van der Waals surface area contributed by atoms with Crippen molar-refractivity contribution in [2.24, 2.45) is 0 Å². The van der Waals surface area contributed by atoms with Gasteiger partial charge in [0, 0.05) is 30.2 Å². The van der Waals surface area contributed by atoms with Crippen molar-refractivity contribution in [1.82, 2.24) is 4.90 Å². The summed E-state index contributed by atoms with van der Waals surface area (Å²) in [6, 6.07) is 7.71. The van der Waals surface area contributed by atoms with E-state index in [0.717, 1.165) is 0 Å². The minimum atomic E-state index is -0.883. The van der Waals surface area contributed by atoms with E-state index >= 15 is 0 Å². The summed E-state index contributed by atoms with van der Waals surface area (Å²) in [7, 11) is 0. The molecule has 1 amide bonds. The maximum absolute atomic E-state index is 12.3. The van der Waals surface area contributed by atoms with Crippen molar-refractivity contribution in [1.29, 1.82) is 0 Å². The van der Waals surface area contributed by atoms with Crippen molar-refractivity contribution >= 4 is 35.4 Å². The molecule has 1 N–H and O–H groups in total. The van der Waals surface area contributed by atoms with Crippen LogP contribution < -0.4 is 0 Å². The van der Waals surface area contributed by atoms with Crippen LogP contribution in [0.25, 0.3) is 0 Å². The summed E-state index contributed by atoms with van der Waals surface area (Å²) in [6.07, 6.45) is -0.0208. The summed E-state index contributed by atoms with van der Waals surface area (Å²) in [4.78, 5) is 24.5. The van der Waals surface area contributed by atoms with Crippen LogP contribution in [0.15, 0.2) is 24.3 Å². The lowest BCUT2D eigenvalue weighted by Gasteiger charge is -2.20. The molecule has 1 saturated heterocycles. The molecule has 0 aromatic heterocycles. The van der Waals surface area contributed by atoms with Crippen molar-refractivity contribution in [3.63, 3.8) is 0 Å². The van der Waals surface area contributed by atoms with Crippen LogP contribution in [0.1, 0.15) is 33.8 Å². The highest BCUT2D eigenvalue weighted by atomic mass is 32.2. The second-order valence-corrected chi connectivity index (χ2v) is 7.45. The molecule has 0 saturated carbocycles. The number of amides is 1. The van der Waals surface area contributed by atoms with E-state index in [-0.39, 0.29) is 18.9 Å². The molecule has 1 aliphatic heterocycles. The molecule has 0 atom stereocenters. The van der Waals surface area contributed by atoms with Gasteiger partial charge in [-0.25, -0.2) is 0 Å². The Balaban J connectivity index is 2.02. The predicted molar refractivity (Wildman–Crippen MR) is 87.9 cm³/mol. The molecule has 1 aromatic carbocycles. The van der Waals surface area contributed by atoms with Crippen LogP contribution >= 0.6 is 23.5 Å². The van der Waals surface area contributed by atoms with E-state index in [2.05, 4.69) is 0 Å². The van der Waals surface area contributed by atoms with Crippen LogP contribution in [0.5, 0.6) is 0 Å². The Hall–Kier alpha value is -1.14. The first-order valence-electron chi connectivity index (χ1n) is 6.96. The third kappa shape index (κ3) is 4.41. The molecule has 114 valence electrons. The lowest BCUT2D eigenvalue weighted by Crippen LogP contribution is -2.32. The Labute approximate surface area is 133 Å². The van der Waals surface area contributed by atoms with E-state index in [9.17, 15) is 9.59 Å². The Kier molecular flexibility index (Phi) is 5.99. The number of nitrogens with zero attached hydrogens (tertiary/aromatic N) is 1. The molecule has 0 spiro atoms. The summed E-state index contributed by atoms with van der Waals surface area (Å²) >= 11 is 3.87. The zero-order valence-electron chi connectivity index (χ0n) is 11.9. The zero-order valence-corrected chi connectivity index (χ0v) is 13.6. The summed E-state index contributed by atoms with van der Waals surface area (Å²) in [6.45, 7) is 2.63. The summed E-state index contributed by atoms with van der Waals surface area (Å²) < 4.78 is 0.475. The molecule has 1 fully saturated rings. The fourth-order valence-corrected chi connectivity index (χ4v) is 5.01. The SMILES string of the molecule is CCN(CCC(=O)O)C(=O)c1ccc(C2SCCS2)cc1. The molecule has 0 unspecified atom stereocenters. The highest BCUT2D eigenvalue weighted by Gasteiger charge is 2.19. The third-order valence-electron chi connectivity index (χ3n) is 3.32. The number of aliphatic carboxylic acids is 1. The third-order valence-corrected chi connectivity index (χ3v) is 6.42. The molecule has 0 aliphatic carbocycles. The maximum Gasteiger partial charge on any atom is 0.305 e. The summed E-state index contributed by atoms with van der Waals surface area (Å²) in [5.41, 5.74) is 1.87. The number of carboxylic acid groups (broad SMARTS) is 1. The Bertz CT molecular complexity index is 498. The van der Waals surface area contributed by atoms with E-state index in [0.29, 0.717) is 16.7 Å². The maximum atomic E-state index is 12.3. The first kappa shape index (κ1) is 16.2. The monoisotopic (exact) mass is 325 g/mol. The quantitative estimate of drug-likeness (QED) is 0.871. The zero-order chi connectivity index (χ0) is 15.2. The highest BCUT2D eigenvalue weighted by molar-refractivity contribution is 8.19. The van der Waals surface area contributed by atoms with Crippen LogP contribution in [-0.4, -0.2) is 46.5 Å². The molecule has 21 heavy (non-hydrogen) atoms. The van der Waals surface area contributed by atoms with Gasteiger partial charge in [-0.2, -0.15) is 0 Å². The van der Waals surface area contributed by atoms with Gasteiger partial charge < -0.3 is 10.0 Å². The topological polar surface area (TPSA) is 57.6 Å². The number of hydrogen-bond acceptors (Lipinski definition) is 4. The average molecular weight is 325 g/mol. The van der Waals surface area contributed by atoms with Crippen LogP contribution in [0.4, 0.5) is 0 Å². The van der Waals surface area contributed by atoms with Crippen LogP contribution in [-0.2, 0) is 4.79 Å². The van der Waals surface area contributed by atoms with Crippen molar-refractivity contribution in [2.45, 2.75) is 17.9 Å². The number of carbonyl (C=O) groups excluding carboxylic acids is 1. The number of carboxylic acids is 1. The van der Waals surface area contributed by atoms with Gasteiger partial charge in [0.05, 0.1) is 11.0 Å². The fourth-order valence-electron chi connectivity index (χ4n) is 2.15. The number of rotatable bonds is 6. The van der Waals surface area contributed by atoms with Gasteiger partial charge in [0.25, 0.3) is 5.91 Å². The lowest BCUT2D eigenvalue weighted by atomic mass is 10.1. The normalized spacial score (nSPS) is 15.1. The molecule has 1 aliphatic rings. The van der Waals surface area contributed by atoms with Crippen LogP contribution in [0.3, 0.4) is 0 Å². The van der Waals surface area contributed by atoms with Crippen molar-refractivity contribution in [2.75, 3.05) is 24.6 Å². The van der Waals surface area contributed by atoms with Gasteiger partial charge in [0.15, 0.2) is 0 Å². The van der Waals surface area contributed by atoms with Crippen molar-refractivity contribution in [3.8, 4) is 0 Å². The van der Waals surface area contributed by atoms with E-state index in [4.69, 9.17) is 5.11 Å². The fraction of sp³-hybridized carbons (Fsp3) is 0.467. The molecule has 1 heterocycles. The van der Waals surface area contributed by atoms with Gasteiger partial charge in [-0.3, -0.25) is 9.59 Å². The number of thioether (sulfide) groups is 2. The largest absolute Gasteiger partial charge is 0.481 e. The molecule has 0 bridgehead atoms. The summed E-state index contributed by atoms with van der Waals surface area (Å²) in [5, 5.41) is 8.73. The van der Waals surface area contributed by atoms with Crippen LogP contribution in [0.2, 0.25) is 0 Å². The van der Waals surface area contributed by atoms with E-state index in [1.807, 2.05) is 54.7 Å². The van der Waals surface area contributed by atoms with Gasteiger partial charge in [-0.1, -0.05) is 12.1 Å². The number of hydrogen-bond donors (Lipinski definition) is 1. The van der Waals surface area contributed by atoms with E-state index in [1.165, 1.54) is 17.1 Å².